The molecule has 0 unspecified atom stereocenters. The predicted octanol–water partition coefficient (Wildman–Crippen LogP) is 4.11. The van der Waals surface area contributed by atoms with Crippen molar-refractivity contribution in [3.63, 3.8) is 0 Å². The molecule has 0 radical (unpaired) electrons. The molecule has 2 saturated heterocycles. The van der Waals surface area contributed by atoms with Crippen LogP contribution in [0.2, 0.25) is 5.02 Å². The lowest BCUT2D eigenvalue weighted by Crippen LogP contribution is -2.53. The Bertz CT molecular complexity index is 2230. The van der Waals surface area contributed by atoms with Crippen LogP contribution in [0.15, 0.2) is 103 Å². The molecule has 8 rings (SSSR count). The number of hydrogen-bond donors (Lipinski definition) is 3. The van der Waals surface area contributed by atoms with Crippen molar-refractivity contribution in [1.82, 2.24) is 0 Å². The molecule has 0 bridgehead atoms. The van der Waals surface area contributed by atoms with Gasteiger partial charge >= 0.3 is 7.12 Å². The fourth-order valence-electron chi connectivity index (χ4n) is 9.30. The summed E-state index contributed by atoms with van der Waals surface area (Å²) in [6.45, 7) is 0. The second-order valence-electron chi connectivity index (χ2n) is 13.8. The standard InChI is InChI=1S/C40H34BClN2O9/c1-52-26-18-31(45)34(32(19-26)53-2)35-27-14-15-28-33(38(48)43(36(28)46)24-12-6-10-22(16-24)41(50)51)29(27)20-30-37(47)44(25-13-7-11-23(42)17-25)39(49)40(30,35)21-8-4-3-5-9-21/h3-14,16-19,28-30,33,35,45,50-51H,15,20H2,1-2H3/t28-,29+,30-,33-,35+,40+/m0/s1. The zero-order valence-electron chi connectivity index (χ0n) is 28.7. The molecule has 2 aliphatic heterocycles. The molecule has 4 amide bonds. The fourth-order valence-corrected chi connectivity index (χ4v) is 9.49. The van der Waals surface area contributed by atoms with Crippen molar-refractivity contribution in [2.75, 3.05) is 24.0 Å². The third kappa shape index (κ3) is 5.03. The van der Waals surface area contributed by atoms with Gasteiger partial charge in [-0.2, -0.15) is 0 Å². The summed E-state index contributed by atoms with van der Waals surface area (Å²) in [5.74, 6) is -6.22. The van der Waals surface area contributed by atoms with E-state index in [9.17, 15) is 29.5 Å². The van der Waals surface area contributed by atoms with Gasteiger partial charge in [-0.3, -0.25) is 24.1 Å². The highest BCUT2D eigenvalue weighted by atomic mass is 35.5. The molecule has 4 aromatic rings. The van der Waals surface area contributed by atoms with Crippen LogP contribution in [0.3, 0.4) is 0 Å². The summed E-state index contributed by atoms with van der Waals surface area (Å²) in [6, 6.07) is 24.4. The molecule has 4 aromatic carbocycles. The van der Waals surface area contributed by atoms with Crippen LogP contribution in [0.1, 0.15) is 29.9 Å². The Morgan fingerprint density at radius 2 is 1.51 bits per heavy atom. The van der Waals surface area contributed by atoms with E-state index in [-0.39, 0.29) is 46.7 Å². The first-order chi connectivity index (χ1) is 25.5. The van der Waals surface area contributed by atoms with Crippen molar-refractivity contribution in [2.45, 2.75) is 24.2 Å². The number of amides is 4. The van der Waals surface area contributed by atoms with Gasteiger partial charge in [-0.1, -0.05) is 71.8 Å². The number of methoxy groups -OCH3 is 2. The summed E-state index contributed by atoms with van der Waals surface area (Å²) >= 11 is 6.40. The van der Waals surface area contributed by atoms with E-state index < -0.39 is 65.8 Å². The maximum absolute atomic E-state index is 15.5. The Morgan fingerprint density at radius 1 is 0.792 bits per heavy atom. The number of phenols is 1. The maximum atomic E-state index is 15.5. The molecule has 3 N–H and O–H groups in total. The number of aromatic hydroxyl groups is 1. The zero-order chi connectivity index (χ0) is 37.3. The molecule has 4 aliphatic rings. The van der Waals surface area contributed by atoms with Gasteiger partial charge in [0.25, 0.3) is 0 Å². The van der Waals surface area contributed by atoms with Crippen molar-refractivity contribution in [1.29, 1.82) is 0 Å². The molecule has 2 heterocycles. The second-order valence-corrected chi connectivity index (χ2v) is 14.3. The summed E-state index contributed by atoms with van der Waals surface area (Å²) in [5.41, 5.74) is 0.353. The topological polar surface area (TPSA) is 154 Å². The Labute approximate surface area is 310 Å². The van der Waals surface area contributed by atoms with E-state index in [1.807, 2.05) is 12.1 Å². The number of carbonyl (C=O) groups is 4. The summed E-state index contributed by atoms with van der Waals surface area (Å²) in [6.07, 6.45) is 2.07. The van der Waals surface area contributed by atoms with Crippen LogP contribution in [0, 0.1) is 23.7 Å². The van der Waals surface area contributed by atoms with Crippen LogP contribution in [-0.2, 0) is 24.6 Å². The van der Waals surface area contributed by atoms with Crippen molar-refractivity contribution < 1.29 is 43.8 Å². The number of rotatable bonds is 7. The van der Waals surface area contributed by atoms with E-state index in [4.69, 9.17) is 21.1 Å². The van der Waals surface area contributed by atoms with Gasteiger partial charge in [0.2, 0.25) is 23.6 Å². The van der Waals surface area contributed by atoms with Gasteiger partial charge in [-0.05, 0) is 60.1 Å². The third-order valence-electron chi connectivity index (χ3n) is 11.4. The van der Waals surface area contributed by atoms with Gasteiger partial charge < -0.3 is 24.6 Å². The fraction of sp³-hybridized carbons (Fsp3) is 0.250. The Kier molecular flexibility index (Phi) is 8.44. The van der Waals surface area contributed by atoms with E-state index in [0.29, 0.717) is 21.9 Å². The second kappa shape index (κ2) is 12.9. The van der Waals surface area contributed by atoms with Crippen LogP contribution in [0.25, 0.3) is 0 Å². The minimum absolute atomic E-state index is 0.0432. The Morgan fingerprint density at radius 3 is 2.19 bits per heavy atom. The first kappa shape index (κ1) is 34.6. The van der Waals surface area contributed by atoms with Gasteiger partial charge in [0.05, 0.1) is 48.8 Å². The lowest BCUT2D eigenvalue weighted by molar-refractivity contribution is -0.127. The zero-order valence-corrected chi connectivity index (χ0v) is 29.4. The van der Waals surface area contributed by atoms with Crippen molar-refractivity contribution in [3.8, 4) is 17.2 Å². The molecule has 0 aromatic heterocycles. The first-order valence-corrected chi connectivity index (χ1v) is 17.6. The van der Waals surface area contributed by atoms with E-state index in [1.165, 1.54) is 38.5 Å². The van der Waals surface area contributed by atoms with E-state index in [2.05, 4.69) is 0 Å². The number of phenolic OH excluding ortho intramolecular Hbond substituents is 1. The minimum Gasteiger partial charge on any atom is -0.507 e. The quantitative estimate of drug-likeness (QED) is 0.145. The lowest BCUT2D eigenvalue weighted by atomic mass is 9.49. The van der Waals surface area contributed by atoms with Gasteiger partial charge in [-0.15, -0.1) is 0 Å². The number of imide groups is 2. The average molecular weight is 733 g/mol. The number of benzene rings is 4. The highest BCUT2D eigenvalue weighted by Gasteiger charge is 2.71. The maximum Gasteiger partial charge on any atom is 0.488 e. The number of halogens is 1. The largest absolute Gasteiger partial charge is 0.507 e. The molecule has 2 aliphatic carbocycles. The van der Waals surface area contributed by atoms with Gasteiger partial charge in [0.15, 0.2) is 0 Å². The number of nitrogens with zero attached hydrogens (tertiary/aromatic N) is 2. The smallest absolute Gasteiger partial charge is 0.488 e. The normalized spacial score (nSPS) is 26.2. The predicted molar refractivity (Wildman–Crippen MR) is 196 cm³/mol. The summed E-state index contributed by atoms with van der Waals surface area (Å²) < 4.78 is 11.3. The molecule has 6 atom stereocenters. The summed E-state index contributed by atoms with van der Waals surface area (Å²) in [7, 11) is 1.07. The summed E-state index contributed by atoms with van der Waals surface area (Å²) in [5, 5.41) is 31.9. The van der Waals surface area contributed by atoms with Crippen LogP contribution in [-0.4, -0.2) is 60.1 Å². The van der Waals surface area contributed by atoms with Gasteiger partial charge in [0.1, 0.15) is 17.2 Å². The van der Waals surface area contributed by atoms with Crippen LogP contribution < -0.4 is 24.7 Å². The molecule has 3 fully saturated rings. The molecule has 11 nitrogen and oxygen atoms in total. The molecular formula is C40H34BClN2O9. The third-order valence-corrected chi connectivity index (χ3v) is 11.7. The molecule has 0 spiro atoms. The van der Waals surface area contributed by atoms with Gasteiger partial charge in [-0.25, -0.2) is 4.90 Å². The molecule has 268 valence electrons. The number of ether oxygens (including phenoxy) is 2. The van der Waals surface area contributed by atoms with E-state index in [0.717, 1.165) is 9.80 Å². The van der Waals surface area contributed by atoms with Crippen molar-refractivity contribution in [3.05, 3.63) is 119 Å². The lowest BCUT2D eigenvalue weighted by Gasteiger charge is -2.51. The highest BCUT2D eigenvalue weighted by molar-refractivity contribution is 6.58. The molecule has 13 heteroatoms. The van der Waals surface area contributed by atoms with Crippen LogP contribution >= 0.6 is 11.6 Å². The van der Waals surface area contributed by atoms with E-state index >= 15 is 4.79 Å². The van der Waals surface area contributed by atoms with Crippen molar-refractivity contribution >= 4 is 59.2 Å². The molecule has 53 heavy (non-hydrogen) atoms. The first-order valence-electron chi connectivity index (χ1n) is 17.2. The highest BCUT2D eigenvalue weighted by Crippen LogP contribution is 2.66. The Hall–Kier alpha value is -5.43. The number of fused-ring (bicyclic) bond motifs is 4. The van der Waals surface area contributed by atoms with Gasteiger partial charge in [0, 0.05) is 28.6 Å². The SMILES string of the molecule is COc1cc(O)c([C@H]2C3=CC[C@@H]4C(=O)N(c5cccc(B(O)O)c5)C(=O)[C@@H]4[C@@H]3C[C@H]3C(=O)N(c4cccc(Cl)c4)C(=O)[C@@]23c2ccccc2)c(OC)c1. The minimum atomic E-state index is -1.82. The van der Waals surface area contributed by atoms with Crippen molar-refractivity contribution in [2.24, 2.45) is 23.7 Å². The molecular weight excluding hydrogens is 699 g/mol. The van der Waals surface area contributed by atoms with E-state index in [1.54, 1.807) is 60.7 Å². The Balaban J connectivity index is 1.37. The average Bonchev–Trinajstić information content (AvgIpc) is 3.55. The monoisotopic (exact) mass is 732 g/mol. The number of carbonyl (C=O) groups excluding carboxylic acids is 4. The van der Waals surface area contributed by atoms with Crippen LogP contribution in [0.4, 0.5) is 11.4 Å². The number of allylic oxidation sites excluding steroid dienone is 2. The number of hydrogen-bond acceptors (Lipinski definition) is 9. The van der Waals surface area contributed by atoms with Crippen LogP contribution in [0.5, 0.6) is 17.2 Å². The molecule has 1 saturated carbocycles. The number of anilines is 2. The summed E-state index contributed by atoms with van der Waals surface area (Å²) in [4.78, 5) is 61.4.